The van der Waals surface area contributed by atoms with Crippen LogP contribution < -0.4 is 4.74 Å². The fourth-order valence-corrected chi connectivity index (χ4v) is 5.28. The number of ether oxygens (including phenoxy) is 2. The van der Waals surface area contributed by atoms with E-state index in [4.69, 9.17) is 26.1 Å². The summed E-state index contributed by atoms with van der Waals surface area (Å²) < 4.78 is 28.5. The Morgan fingerprint density at radius 1 is 1.00 bits per heavy atom. The predicted molar refractivity (Wildman–Crippen MR) is 141 cm³/mol. The molecule has 2 saturated heterocycles. The average molecular weight is 521 g/mol. The highest BCUT2D eigenvalue weighted by atomic mass is 35.5. The van der Waals surface area contributed by atoms with E-state index in [1.807, 2.05) is 24.3 Å². The Balaban J connectivity index is 1.06. The summed E-state index contributed by atoms with van der Waals surface area (Å²) in [5.74, 6) is 1.37. The number of rotatable bonds is 8. The van der Waals surface area contributed by atoms with Crippen molar-refractivity contribution in [1.29, 1.82) is 0 Å². The lowest BCUT2D eigenvalue weighted by molar-refractivity contribution is -0.0592. The first kappa shape index (κ1) is 24.3. The maximum absolute atomic E-state index is 14.2. The molecule has 0 aliphatic carbocycles. The first-order valence-electron chi connectivity index (χ1n) is 13.0. The molecular formula is C29H30ClFN4O2. The Morgan fingerprint density at radius 2 is 1.84 bits per heavy atom. The van der Waals surface area contributed by atoms with E-state index in [1.165, 1.54) is 11.6 Å². The van der Waals surface area contributed by atoms with Crippen molar-refractivity contribution in [2.45, 2.75) is 51.0 Å². The minimum atomic E-state index is -0.318. The van der Waals surface area contributed by atoms with Gasteiger partial charge >= 0.3 is 0 Å². The number of imidazole rings is 1. The van der Waals surface area contributed by atoms with Crippen molar-refractivity contribution >= 4 is 22.6 Å². The minimum Gasteiger partial charge on any atom is -0.474 e. The van der Waals surface area contributed by atoms with E-state index in [2.05, 4.69) is 32.7 Å². The molecule has 0 spiro atoms. The number of benzene rings is 2. The van der Waals surface area contributed by atoms with Crippen LogP contribution in [0, 0.1) is 5.82 Å². The summed E-state index contributed by atoms with van der Waals surface area (Å²) in [6, 6.07) is 18.8. The zero-order chi connectivity index (χ0) is 25.2. The van der Waals surface area contributed by atoms with Crippen LogP contribution in [0.5, 0.6) is 5.88 Å². The molecule has 4 heterocycles. The van der Waals surface area contributed by atoms with Crippen molar-refractivity contribution in [1.82, 2.24) is 19.4 Å². The maximum atomic E-state index is 14.2. The van der Waals surface area contributed by atoms with Crippen molar-refractivity contribution < 1.29 is 13.9 Å². The van der Waals surface area contributed by atoms with Gasteiger partial charge in [-0.3, -0.25) is 4.90 Å². The van der Waals surface area contributed by atoms with Crippen LogP contribution in [0.2, 0.25) is 5.02 Å². The summed E-state index contributed by atoms with van der Waals surface area (Å²) >= 11 is 5.87. The molecule has 6 nitrogen and oxygen atoms in total. The molecular weight excluding hydrogens is 491 g/mol. The second-order valence-electron chi connectivity index (χ2n) is 9.88. The molecule has 0 radical (unpaired) electrons. The van der Waals surface area contributed by atoms with Crippen molar-refractivity contribution in [2.75, 3.05) is 19.7 Å². The van der Waals surface area contributed by atoms with E-state index in [1.54, 1.807) is 12.1 Å². The normalized spacial score (nSPS) is 18.7. The molecule has 0 N–H and O–H groups in total. The molecule has 4 aromatic rings. The number of halogens is 2. The number of aromatic nitrogens is 3. The van der Waals surface area contributed by atoms with Crippen LogP contribution in [0.25, 0.3) is 11.0 Å². The van der Waals surface area contributed by atoms with E-state index in [9.17, 15) is 4.39 Å². The number of hydrogen-bond donors (Lipinski definition) is 0. The van der Waals surface area contributed by atoms with Gasteiger partial charge in [-0.15, -0.1) is 0 Å². The Bertz CT molecular complexity index is 1380. The molecule has 0 unspecified atom stereocenters. The van der Waals surface area contributed by atoms with Crippen molar-refractivity contribution in [3.8, 4) is 5.88 Å². The average Bonchev–Trinajstić information content (AvgIpc) is 3.21. The molecule has 0 bridgehead atoms. The third-order valence-electron chi connectivity index (χ3n) is 7.27. The molecule has 6 rings (SSSR count). The number of likely N-dealkylation sites (tertiary alicyclic amines) is 1. The van der Waals surface area contributed by atoms with Gasteiger partial charge in [0.05, 0.1) is 30.2 Å². The van der Waals surface area contributed by atoms with E-state index >= 15 is 0 Å². The van der Waals surface area contributed by atoms with Crippen molar-refractivity contribution in [3.05, 3.63) is 88.6 Å². The van der Waals surface area contributed by atoms with Crippen LogP contribution >= 0.6 is 11.6 Å². The van der Waals surface area contributed by atoms with Gasteiger partial charge in [-0.25, -0.2) is 14.4 Å². The van der Waals surface area contributed by atoms with E-state index < -0.39 is 0 Å². The van der Waals surface area contributed by atoms with Gasteiger partial charge in [0.1, 0.15) is 17.7 Å². The molecule has 2 fully saturated rings. The molecule has 2 aliphatic rings. The zero-order valence-electron chi connectivity index (χ0n) is 20.7. The molecule has 8 heteroatoms. The largest absolute Gasteiger partial charge is 0.474 e. The molecule has 2 aliphatic heterocycles. The van der Waals surface area contributed by atoms with E-state index in [-0.39, 0.29) is 18.0 Å². The summed E-state index contributed by atoms with van der Waals surface area (Å²) in [4.78, 5) is 12.0. The van der Waals surface area contributed by atoms with Gasteiger partial charge in [0.15, 0.2) is 0 Å². The molecule has 2 aromatic heterocycles. The first-order valence-corrected chi connectivity index (χ1v) is 13.3. The number of para-hydroxylation sites is 2. The zero-order valence-corrected chi connectivity index (χ0v) is 21.4. The fourth-order valence-electron chi connectivity index (χ4n) is 5.12. The van der Waals surface area contributed by atoms with Crippen LogP contribution in [0.4, 0.5) is 4.39 Å². The summed E-state index contributed by atoms with van der Waals surface area (Å²) in [7, 11) is 0. The Hall–Kier alpha value is -3.00. The molecule has 0 amide bonds. The first-order chi connectivity index (χ1) is 18.1. The van der Waals surface area contributed by atoms with Crippen LogP contribution in [0.3, 0.4) is 0 Å². The maximum Gasteiger partial charge on any atom is 0.213 e. The van der Waals surface area contributed by atoms with Gasteiger partial charge in [0, 0.05) is 42.9 Å². The SMILES string of the molecule is Fc1cc(Cl)ccc1Cc1cccc(OC2CCN(Cc3nc4ccccc4n3C[C@@H]3CCO3)CC2)n1. The monoisotopic (exact) mass is 520 g/mol. The number of hydrogen-bond acceptors (Lipinski definition) is 5. The summed E-state index contributed by atoms with van der Waals surface area (Å²) in [6.07, 6.45) is 3.74. The van der Waals surface area contributed by atoms with Crippen LogP contribution in [0.15, 0.2) is 60.7 Å². The molecule has 37 heavy (non-hydrogen) atoms. The summed E-state index contributed by atoms with van der Waals surface area (Å²) in [5, 5.41) is 0.391. The number of piperidine rings is 1. The third-order valence-corrected chi connectivity index (χ3v) is 7.50. The standard InChI is InChI=1S/C29H30ClFN4O2/c30-21-9-8-20(25(31)17-21)16-22-4-3-7-29(32-22)37-23-10-13-34(14-11-23)19-28-33-26-5-1-2-6-27(26)35(28)18-24-12-15-36-24/h1-9,17,23-24H,10-16,18-19H2/t24-/m0/s1. The van der Waals surface area contributed by atoms with E-state index in [0.717, 1.165) is 69.1 Å². The fraction of sp³-hybridized carbons (Fsp3) is 0.379. The summed E-state index contributed by atoms with van der Waals surface area (Å²) in [5.41, 5.74) is 3.55. The summed E-state index contributed by atoms with van der Waals surface area (Å²) in [6.45, 7) is 4.40. The second kappa shape index (κ2) is 10.8. The Labute approximate surface area is 221 Å². The molecule has 192 valence electrons. The lowest BCUT2D eigenvalue weighted by Crippen LogP contribution is -2.39. The predicted octanol–water partition coefficient (Wildman–Crippen LogP) is 5.65. The molecule has 2 aromatic carbocycles. The number of nitrogens with zero attached hydrogens (tertiary/aromatic N) is 4. The van der Waals surface area contributed by atoms with Crippen molar-refractivity contribution in [2.24, 2.45) is 0 Å². The number of pyridine rings is 1. The quantitative estimate of drug-likeness (QED) is 0.300. The van der Waals surface area contributed by atoms with Crippen LogP contribution in [-0.2, 0) is 24.2 Å². The highest BCUT2D eigenvalue weighted by Gasteiger charge is 2.25. The van der Waals surface area contributed by atoms with Crippen LogP contribution in [0.1, 0.15) is 36.3 Å². The minimum absolute atomic E-state index is 0.105. The van der Waals surface area contributed by atoms with Gasteiger partial charge in [0.2, 0.25) is 5.88 Å². The lowest BCUT2D eigenvalue weighted by Gasteiger charge is -2.32. The van der Waals surface area contributed by atoms with Gasteiger partial charge in [-0.1, -0.05) is 35.9 Å². The highest BCUT2D eigenvalue weighted by Crippen LogP contribution is 2.24. The topological polar surface area (TPSA) is 52.4 Å². The second-order valence-corrected chi connectivity index (χ2v) is 10.3. The van der Waals surface area contributed by atoms with Gasteiger partial charge in [-0.05, 0) is 55.2 Å². The van der Waals surface area contributed by atoms with E-state index in [0.29, 0.717) is 22.9 Å². The van der Waals surface area contributed by atoms with Gasteiger partial charge in [-0.2, -0.15) is 0 Å². The number of fused-ring (bicyclic) bond motifs is 1. The Kier molecular flexibility index (Phi) is 7.09. The van der Waals surface area contributed by atoms with Gasteiger partial charge in [0.25, 0.3) is 0 Å². The van der Waals surface area contributed by atoms with Crippen molar-refractivity contribution in [3.63, 3.8) is 0 Å². The molecule has 0 saturated carbocycles. The highest BCUT2D eigenvalue weighted by molar-refractivity contribution is 6.30. The van der Waals surface area contributed by atoms with Crippen LogP contribution in [-0.4, -0.2) is 51.3 Å². The Morgan fingerprint density at radius 3 is 2.62 bits per heavy atom. The van der Waals surface area contributed by atoms with Gasteiger partial charge < -0.3 is 14.0 Å². The molecule has 1 atom stereocenters. The lowest BCUT2D eigenvalue weighted by atomic mass is 10.1. The third kappa shape index (κ3) is 5.64. The smallest absolute Gasteiger partial charge is 0.213 e.